The second-order valence-electron chi connectivity index (χ2n) is 6.65. The van der Waals surface area contributed by atoms with E-state index in [-0.39, 0.29) is 17.9 Å². The number of nitrogens with one attached hydrogen (secondary N) is 1. The molecule has 23 heavy (non-hydrogen) atoms. The average Bonchev–Trinajstić information content (AvgIpc) is 2.82. The van der Waals surface area contributed by atoms with Crippen LogP contribution in [0, 0.1) is 0 Å². The third-order valence-electron chi connectivity index (χ3n) is 5.11. The predicted molar refractivity (Wildman–Crippen MR) is 89.9 cm³/mol. The van der Waals surface area contributed by atoms with Crippen molar-refractivity contribution in [3.63, 3.8) is 0 Å². The highest BCUT2D eigenvalue weighted by Crippen LogP contribution is 2.31. The summed E-state index contributed by atoms with van der Waals surface area (Å²) >= 11 is 0. The van der Waals surface area contributed by atoms with Crippen LogP contribution < -0.4 is 5.32 Å². The highest BCUT2D eigenvalue weighted by molar-refractivity contribution is 5.92. The van der Waals surface area contributed by atoms with Crippen LogP contribution in [-0.2, 0) is 16.0 Å². The van der Waals surface area contributed by atoms with Crippen LogP contribution in [0.3, 0.4) is 0 Å². The number of carbonyl (C=O) groups excluding carboxylic acids is 2. The molecule has 1 aliphatic carbocycles. The molecule has 0 spiro atoms. The first-order valence-corrected chi connectivity index (χ1v) is 8.88. The Balaban J connectivity index is 1.82. The number of likely N-dealkylation sites (N-methyl/N-ethyl adjacent to an activating group) is 1. The van der Waals surface area contributed by atoms with Crippen LogP contribution in [0.25, 0.3) is 0 Å². The van der Waals surface area contributed by atoms with Crippen molar-refractivity contribution in [1.29, 1.82) is 0 Å². The summed E-state index contributed by atoms with van der Waals surface area (Å²) in [6.45, 7) is 2.51. The molecule has 4 heteroatoms. The molecule has 0 aromatic heterocycles. The zero-order chi connectivity index (χ0) is 16.2. The smallest absolute Gasteiger partial charge is 0.247 e. The van der Waals surface area contributed by atoms with E-state index in [1.165, 1.54) is 25.7 Å². The lowest BCUT2D eigenvalue weighted by atomic mass is 9.91. The Morgan fingerprint density at radius 2 is 1.87 bits per heavy atom. The summed E-state index contributed by atoms with van der Waals surface area (Å²) in [5.74, 6) is 0.0338. The quantitative estimate of drug-likeness (QED) is 0.872. The summed E-state index contributed by atoms with van der Waals surface area (Å²) in [7, 11) is 0. The Morgan fingerprint density at radius 1 is 1.17 bits per heavy atom. The molecule has 1 N–H and O–H groups in total. The van der Waals surface area contributed by atoms with Gasteiger partial charge in [-0.3, -0.25) is 9.59 Å². The van der Waals surface area contributed by atoms with E-state index in [1.54, 1.807) is 4.90 Å². The zero-order valence-electron chi connectivity index (χ0n) is 13.9. The van der Waals surface area contributed by atoms with Crippen molar-refractivity contribution < 1.29 is 9.59 Å². The lowest BCUT2D eigenvalue weighted by Gasteiger charge is -2.36. The van der Waals surface area contributed by atoms with Gasteiger partial charge in [-0.05, 0) is 30.9 Å². The maximum atomic E-state index is 13.0. The number of amides is 2. The summed E-state index contributed by atoms with van der Waals surface area (Å²) in [5, 5.41) is 3.22. The van der Waals surface area contributed by atoms with Crippen LogP contribution >= 0.6 is 0 Å². The minimum absolute atomic E-state index is 0.0146. The van der Waals surface area contributed by atoms with Crippen molar-refractivity contribution in [2.24, 2.45) is 0 Å². The van der Waals surface area contributed by atoms with Gasteiger partial charge >= 0.3 is 0 Å². The fraction of sp³-hybridized carbons (Fsp3) is 0.579. The van der Waals surface area contributed by atoms with Crippen molar-refractivity contribution in [3.8, 4) is 0 Å². The molecule has 1 aliphatic heterocycles. The Kier molecular flexibility index (Phi) is 4.99. The van der Waals surface area contributed by atoms with Gasteiger partial charge in [0.05, 0.1) is 6.42 Å². The minimum Gasteiger partial charge on any atom is -0.351 e. The second kappa shape index (κ2) is 7.16. The summed E-state index contributed by atoms with van der Waals surface area (Å²) in [6, 6.07) is 7.63. The molecule has 1 atom stereocenters. The van der Waals surface area contributed by atoms with Gasteiger partial charge < -0.3 is 10.2 Å². The molecular formula is C19H26N2O2. The number of hydrogen-bond donors (Lipinski definition) is 1. The first-order valence-electron chi connectivity index (χ1n) is 8.88. The van der Waals surface area contributed by atoms with E-state index in [1.807, 2.05) is 31.2 Å². The van der Waals surface area contributed by atoms with E-state index in [4.69, 9.17) is 0 Å². The number of rotatable bonds is 3. The number of nitrogens with zero attached hydrogens (tertiary/aromatic N) is 1. The normalized spacial score (nSPS) is 22.4. The van der Waals surface area contributed by atoms with E-state index < -0.39 is 6.04 Å². The molecule has 3 rings (SSSR count). The molecule has 2 amide bonds. The topological polar surface area (TPSA) is 49.4 Å². The second-order valence-corrected chi connectivity index (χ2v) is 6.65. The van der Waals surface area contributed by atoms with Gasteiger partial charge in [-0.25, -0.2) is 0 Å². The van der Waals surface area contributed by atoms with Gasteiger partial charge in [0.15, 0.2) is 0 Å². The molecule has 4 nitrogen and oxygen atoms in total. The maximum Gasteiger partial charge on any atom is 0.247 e. The van der Waals surface area contributed by atoms with Crippen molar-refractivity contribution in [3.05, 3.63) is 35.4 Å². The molecule has 1 fully saturated rings. The Hall–Kier alpha value is -1.84. The molecule has 1 aromatic rings. The van der Waals surface area contributed by atoms with Crippen LogP contribution in [-0.4, -0.2) is 29.3 Å². The van der Waals surface area contributed by atoms with Gasteiger partial charge in [-0.15, -0.1) is 0 Å². The van der Waals surface area contributed by atoms with Crippen LogP contribution in [0.4, 0.5) is 0 Å². The van der Waals surface area contributed by atoms with Crippen molar-refractivity contribution in [2.45, 2.75) is 64.0 Å². The molecule has 0 bridgehead atoms. The number of fused-ring (bicyclic) bond motifs is 1. The highest BCUT2D eigenvalue weighted by atomic mass is 16.2. The first kappa shape index (κ1) is 16.0. The summed E-state index contributed by atoms with van der Waals surface area (Å²) in [5.41, 5.74) is 1.98. The van der Waals surface area contributed by atoms with Crippen LogP contribution in [0.2, 0.25) is 0 Å². The lowest BCUT2D eigenvalue weighted by molar-refractivity contribution is -0.141. The van der Waals surface area contributed by atoms with E-state index in [9.17, 15) is 9.59 Å². The summed E-state index contributed by atoms with van der Waals surface area (Å²) in [4.78, 5) is 27.1. The standard InChI is InChI=1S/C19H26N2O2/c1-2-21-17(22)13-14-9-7-8-12-16(14)18(21)19(23)20-15-10-5-3-4-6-11-15/h7-9,12,15,18H,2-6,10-11,13H2,1H3,(H,20,23)/t18-/m1/s1. The number of hydrogen-bond acceptors (Lipinski definition) is 2. The van der Waals surface area contributed by atoms with Crippen LogP contribution in [0.1, 0.15) is 62.6 Å². The number of carbonyl (C=O) groups is 2. The van der Waals surface area contributed by atoms with E-state index in [0.717, 1.165) is 24.0 Å². The number of benzene rings is 1. The van der Waals surface area contributed by atoms with Gasteiger partial charge in [0.1, 0.15) is 6.04 Å². The molecule has 2 aliphatic rings. The van der Waals surface area contributed by atoms with Gasteiger partial charge in [0.2, 0.25) is 11.8 Å². The summed E-state index contributed by atoms with van der Waals surface area (Å²) < 4.78 is 0. The summed E-state index contributed by atoms with van der Waals surface area (Å²) in [6.07, 6.45) is 7.40. The molecule has 124 valence electrons. The molecule has 1 aromatic carbocycles. The fourth-order valence-corrected chi connectivity index (χ4v) is 3.88. The Morgan fingerprint density at radius 3 is 2.57 bits per heavy atom. The third kappa shape index (κ3) is 3.41. The van der Waals surface area contributed by atoms with E-state index in [0.29, 0.717) is 13.0 Å². The fourth-order valence-electron chi connectivity index (χ4n) is 3.88. The van der Waals surface area contributed by atoms with Crippen molar-refractivity contribution in [2.75, 3.05) is 6.54 Å². The predicted octanol–water partition coefficient (Wildman–Crippen LogP) is 2.97. The van der Waals surface area contributed by atoms with Gasteiger partial charge in [-0.2, -0.15) is 0 Å². The maximum absolute atomic E-state index is 13.0. The van der Waals surface area contributed by atoms with Crippen LogP contribution in [0.15, 0.2) is 24.3 Å². The molecule has 0 radical (unpaired) electrons. The average molecular weight is 314 g/mol. The van der Waals surface area contributed by atoms with E-state index in [2.05, 4.69) is 5.32 Å². The lowest BCUT2D eigenvalue weighted by Crippen LogP contribution is -2.49. The van der Waals surface area contributed by atoms with Crippen LogP contribution in [0.5, 0.6) is 0 Å². The van der Waals surface area contributed by atoms with E-state index >= 15 is 0 Å². The molecular weight excluding hydrogens is 288 g/mol. The Bertz CT molecular complexity index is 576. The first-order chi connectivity index (χ1) is 11.2. The zero-order valence-corrected chi connectivity index (χ0v) is 13.9. The molecule has 0 unspecified atom stereocenters. The van der Waals surface area contributed by atoms with Gasteiger partial charge in [-0.1, -0.05) is 49.9 Å². The molecule has 0 saturated heterocycles. The van der Waals surface area contributed by atoms with Crippen molar-refractivity contribution in [1.82, 2.24) is 10.2 Å². The van der Waals surface area contributed by atoms with Crippen molar-refractivity contribution >= 4 is 11.8 Å². The minimum atomic E-state index is -0.472. The van der Waals surface area contributed by atoms with Gasteiger partial charge in [0, 0.05) is 12.6 Å². The monoisotopic (exact) mass is 314 g/mol. The van der Waals surface area contributed by atoms with Gasteiger partial charge in [0.25, 0.3) is 0 Å². The molecule has 1 heterocycles. The largest absolute Gasteiger partial charge is 0.351 e. The third-order valence-corrected chi connectivity index (χ3v) is 5.11. The molecule has 1 saturated carbocycles. The SMILES string of the molecule is CCN1C(=O)Cc2ccccc2[C@@H]1C(=O)NC1CCCCCC1. The Labute approximate surface area is 138 Å². The highest BCUT2D eigenvalue weighted by Gasteiger charge is 2.36.